The molecule has 1 N–H and O–H groups in total. The minimum absolute atomic E-state index is 0.00562. The van der Waals surface area contributed by atoms with Gasteiger partial charge in [0, 0.05) is 18.2 Å². The molecule has 0 radical (unpaired) electrons. The van der Waals surface area contributed by atoms with Crippen molar-refractivity contribution in [3.8, 4) is 0 Å². The lowest BCUT2D eigenvalue weighted by molar-refractivity contribution is 0.138. The number of rotatable bonds is 9. The lowest BCUT2D eigenvalue weighted by Crippen LogP contribution is -2.37. The van der Waals surface area contributed by atoms with Crippen molar-refractivity contribution in [2.24, 2.45) is 5.92 Å². The average Bonchev–Trinajstić information content (AvgIpc) is 3.16. The topological polar surface area (TPSA) is 81.4 Å². The van der Waals surface area contributed by atoms with Crippen LogP contribution in [0.3, 0.4) is 0 Å². The molecule has 1 fully saturated rings. The monoisotopic (exact) mass is 316 g/mol. The fourth-order valence-electron chi connectivity index (χ4n) is 2.21. The van der Waals surface area contributed by atoms with E-state index in [9.17, 15) is 8.42 Å². The maximum atomic E-state index is 12.0. The van der Waals surface area contributed by atoms with Gasteiger partial charge in [-0.3, -0.25) is 0 Å². The Kier molecular flexibility index (Phi) is 5.40. The molecule has 21 heavy (non-hydrogen) atoms. The number of ether oxygens (including phenoxy) is 1. The maximum Gasteiger partial charge on any atom is 0.214 e. The molecule has 0 aromatic carbocycles. The van der Waals surface area contributed by atoms with E-state index in [-0.39, 0.29) is 18.4 Å². The highest BCUT2D eigenvalue weighted by Gasteiger charge is 2.22. The van der Waals surface area contributed by atoms with Crippen LogP contribution in [-0.4, -0.2) is 38.6 Å². The zero-order valence-electron chi connectivity index (χ0n) is 12.9. The number of aryl methyl sites for hydroxylation is 2. The second kappa shape index (κ2) is 6.89. The third-order valence-electron chi connectivity index (χ3n) is 3.62. The molecule has 1 unspecified atom stereocenters. The van der Waals surface area contributed by atoms with Gasteiger partial charge in [-0.15, -0.1) is 0 Å². The van der Waals surface area contributed by atoms with Crippen LogP contribution in [0.2, 0.25) is 0 Å². The van der Waals surface area contributed by atoms with E-state index in [4.69, 9.17) is 9.26 Å². The van der Waals surface area contributed by atoms with E-state index in [2.05, 4.69) is 9.88 Å². The van der Waals surface area contributed by atoms with E-state index in [1.54, 1.807) is 0 Å². The number of hydrogen-bond acceptors (Lipinski definition) is 5. The van der Waals surface area contributed by atoms with Gasteiger partial charge in [0.25, 0.3) is 0 Å². The molecule has 2 rings (SSSR count). The van der Waals surface area contributed by atoms with E-state index < -0.39 is 10.0 Å². The van der Waals surface area contributed by atoms with Gasteiger partial charge in [0.15, 0.2) is 0 Å². The highest BCUT2D eigenvalue weighted by molar-refractivity contribution is 7.89. The van der Waals surface area contributed by atoms with Crippen LogP contribution in [0, 0.1) is 19.8 Å². The largest absolute Gasteiger partial charge is 0.380 e. The van der Waals surface area contributed by atoms with Crippen LogP contribution in [0.15, 0.2) is 4.52 Å². The lowest BCUT2D eigenvalue weighted by Gasteiger charge is -2.14. The molecule has 7 heteroatoms. The summed E-state index contributed by atoms with van der Waals surface area (Å²) in [6.07, 6.45) is 2.99. The molecule has 0 amide bonds. The van der Waals surface area contributed by atoms with E-state index in [0.717, 1.165) is 17.0 Å². The first-order valence-electron chi connectivity index (χ1n) is 7.37. The van der Waals surface area contributed by atoms with E-state index in [1.807, 2.05) is 20.8 Å². The molecule has 1 heterocycles. The summed E-state index contributed by atoms with van der Waals surface area (Å²) in [6, 6.07) is -0.199. The zero-order valence-corrected chi connectivity index (χ0v) is 13.7. The first kappa shape index (κ1) is 16.5. The van der Waals surface area contributed by atoms with E-state index >= 15 is 0 Å². The Bertz CT molecular complexity index is 544. The van der Waals surface area contributed by atoms with Crippen molar-refractivity contribution in [2.75, 3.05) is 19.0 Å². The molecule has 0 bridgehead atoms. The molecule has 6 nitrogen and oxygen atoms in total. The van der Waals surface area contributed by atoms with Crippen molar-refractivity contribution in [2.45, 2.75) is 46.1 Å². The highest BCUT2D eigenvalue weighted by Crippen LogP contribution is 2.28. The summed E-state index contributed by atoms with van der Waals surface area (Å²) in [6.45, 7) is 6.48. The van der Waals surface area contributed by atoms with Gasteiger partial charge >= 0.3 is 0 Å². The Balaban J connectivity index is 1.75. The first-order valence-corrected chi connectivity index (χ1v) is 9.02. The van der Waals surface area contributed by atoms with Crippen LogP contribution < -0.4 is 4.72 Å². The molecule has 1 atom stereocenters. The van der Waals surface area contributed by atoms with E-state index in [1.165, 1.54) is 12.8 Å². The third-order valence-corrected chi connectivity index (χ3v) is 5.08. The van der Waals surface area contributed by atoms with Crippen molar-refractivity contribution in [1.82, 2.24) is 9.88 Å². The highest BCUT2D eigenvalue weighted by atomic mass is 32.2. The molecule has 0 spiro atoms. The van der Waals surface area contributed by atoms with Crippen molar-refractivity contribution >= 4 is 10.0 Å². The van der Waals surface area contributed by atoms with Crippen LogP contribution >= 0.6 is 0 Å². The third kappa shape index (κ3) is 5.41. The Hall–Kier alpha value is -0.920. The Labute approximate surface area is 126 Å². The van der Waals surface area contributed by atoms with Crippen LogP contribution in [0.1, 0.15) is 36.8 Å². The second-order valence-corrected chi connectivity index (χ2v) is 7.74. The predicted molar refractivity (Wildman–Crippen MR) is 79.6 cm³/mol. The second-order valence-electron chi connectivity index (χ2n) is 5.86. The molecule has 0 saturated heterocycles. The molecular formula is C14H24N2O4S. The summed E-state index contributed by atoms with van der Waals surface area (Å²) >= 11 is 0. The summed E-state index contributed by atoms with van der Waals surface area (Å²) in [4.78, 5) is 0. The fraction of sp³-hybridized carbons (Fsp3) is 0.786. The van der Waals surface area contributed by atoms with Gasteiger partial charge in [0.1, 0.15) is 5.76 Å². The number of nitrogens with one attached hydrogen (secondary N) is 1. The quantitative estimate of drug-likeness (QED) is 0.699. The number of hydrogen-bond donors (Lipinski definition) is 1. The summed E-state index contributed by atoms with van der Waals surface area (Å²) in [5, 5.41) is 3.88. The van der Waals surface area contributed by atoms with Gasteiger partial charge in [0.2, 0.25) is 10.0 Å². The average molecular weight is 316 g/mol. The van der Waals surface area contributed by atoms with Crippen LogP contribution in [-0.2, 0) is 21.2 Å². The van der Waals surface area contributed by atoms with Crippen LogP contribution in [0.4, 0.5) is 0 Å². The SMILES string of the molecule is Cc1noc(C)c1CC(C)NS(=O)(=O)CCOCC1CC1. The normalized spacial score (nSPS) is 17.1. The van der Waals surface area contributed by atoms with Gasteiger partial charge in [-0.25, -0.2) is 13.1 Å². The number of nitrogens with zero attached hydrogens (tertiary/aromatic N) is 1. The minimum Gasteiger partial charge on any atom is -0.380 e. The Morgan fingerprint density at radius 3 is 2.71 bits per heavy atom. The van der Waals surface area contributed by atoms with Crippen molar-refractivity contribution < 1.29 is 17.7 Å². The van der Waals surface area contributed by atoms with Crippen molar-refractivity contribution in [3.05, 3.63) is 17.0 Å². The van der Waals surface area contributed by atoms with Crippen molar-refractivity contribution in [3.63, 3.8) is 0 Å². The fourth-order valence-corrected chi connectivity index (χ4v) is 3.36. The lowest BCUT2D eigenvalue weighted by atomic mass is 10.1. The van der Waals surface area contributed by atoms with Gasteiger partial charge in [0.05, 0.1) is 18.1 Å². The molecule has 1 saturated carbocycles. The maximum absolute atomic E-state index is 12.0. The predicted octanol–water partition coefficient (Wildman–Crippen LogP) is 1.57. The molecule has 120 valence electrons. The molecule has 1 aromatic heterocycles. The van der Waals surface area contributed by atoms with Gasteiger partial charge in [-0.1, -0.05) is 5.16 Å². The smallest absolute Gasteiger partial charge is 0.214 e. The van der Waals surface area contributed by atoms with Gasteiger partial charge < -0.3 is 9.26 Å². The molecule has 1 aromatic rings. The Morgan fingerprint density at radius 1 is 1.43 bits per heavy atom. The number of aromatic nitrogens is 1. The molecular weight excluding hydrogens is 292 g/mol. The summed E-state index contributed by atoms with van der Waals surface area (Å²) in [5.41, 5.74) is 1.78. The summed E-state index contributed by atoms with van der Waals surface area (Å²) in [7, 11) is -3.31. The summed E-state index contributed by atoms with van der Waals surface area (Å²) < 4.78 is 37.1. The molecule has 0 aliphatic heterocycles. The standard InChI is InChI=1S/C14H24N2O4S/c1-10(8-14-11(2)15-20-12(14)3)16-21(17,18)7-6-19-9-13-4-5-13/h10,13,16H,4-9H2,1-3H3. The Morgan fingerprint density at radius 2 is 2.14 bits per heavy atom. The van der Waals surface area contributed by atoms with E-state index in [0.29, 0.717) is 18.9 Å². The molecule has 1 aliphatic rings. The number of sulfonamides is 1. The van der Waals surface area contributed by atoms with Gasteiger partial charge in [-0.2, -0.15) is 0 Å². The first-order chi connectivity index (χ1) is 9.87. The summed E-state index contributed by atoms with van der Waals surface area (Å²) in [5.74, 6) is 1.40. The van der Waals surface area contributed by atoms with Crippen LogP contribution in [0.25, 0.3) is 0 Å². The van der Waals surface area contributed by atoms with Crippen LogP contribution in [0.5, 0.6) is 0 Å². The molecule has 1 aliphatic carbocycles. The van der Waals surface area contributed by atoms with Crippen molar-refractivity contribution in [1.29, 1.82) is 0 Å². The minimum atomic E-state index is -3.31. The zero-order chi connectivity index (χ0) is 15.5. The van der Waals surface area contributed by atoms with Gasteiger partial charge in [-0.05, 0) is 46.0 Å².